The number of ether oxygens (including phenoxy) is 2. The highest BCUT2D eigenvalue weighted by atomic mass is 16.5. The van der Waals surface area contributed by atoms with Crippen molar-refractivity contribution in [1.29, 1.82) is 0 Å². The highest BCUT2D eigenvalue weighted by Crippen LogP contribution is 2.38. The molecular weight excluding hydrogens is 492 g/mol. The smallest absolute Gasteiger partial charge is 0.306 e. The van der Waals surface area contributed by atoms with E-state index in [-0.39, 0.29) is 24.2 Å². The van der Waals surface area contributed by atoms with Gasteiger partial charge in [0.05, 0.1) is 20.1 Å². The van der Waals surface area contributed by atoms with E-state index in [9.17, 15) is 9.59 Å². The van der Waals surface area contributed by atoms with Gasteiger partial charge in [0.25, 0.3) is 5.91 Å². The van der Waals surface area contributed by atoms with Crippen LogP contribution in [0, 0.1) is 0 Å². The molecule has 8 heteroatoms. The Labute approximate surface area is 228 Å². The number of benzene rings is 3. The number of aryl methyl sites for hydroxylation is 2. The summed E-state index contributed by atoms with van der Waals surface area (Å²) in [5.41, 5.74) is 7.67. The molecule has 0 bridgehead atoms. The molecular formula is C31H34N4O4. The molecule has 0 radical (unpaired) electrons. The summed E-state index contributed by atoms with van der Waals surface area (Å²) in [6.45, 7) is 5.37. The number of hydrogen-bond donors (Lipinski definition) is 0. The van der Waals surface area contributed by atoms with E-state index in [2.05, 4.69) is 29.4 Å². The minimum absolute atomic E-state index is 0.0367. The van der Waals surface area contributed by atoms with Crippen molar-refractivity contribution in [1.82, 2.24) is 19.9 Å². The van der Waals surface area contributed by atoms with Crippen LogP contribution >= 0.6 is 0 Å². The van der Waals surface area contributed by atoms with Crippen molar-refractivity contribution in [3.05, 3.63) is 88.0 Å². The second-order valence-corrected chi connectivity index (χ2v) is 9.88. The van der Waals surface area contributed by atoms with Gasteiger partial charge in [-0.3, -0.25) is 9.59 Å². The lowest BCUT2D eigenvalue weighted by atomic mass is 9.82. The lowest BCUT2D eigenvalue weighted by Crippen LogP contribution is -2.36. The van der Waals surface area contributed by atoms with Crippen LogP contribution < -0.4 is 4.74 Å². The molecule has 5 rings (SSSR count). The third kappa shape index (κ3) is 5.24. The number of hydrogen-bond acceptors (Lipinski definition) is 6. The Balaban J connectivity index is 1.51. The molecule has 2 heterocycles. The van der Waals surface area contributed by atoms with Gasteiger partial charge in [-0.25, -0.2) is 4.68 Å². The van der Waals surface area contributed by atoms with Crippen LogP contribution in [-0.2, 0) is 36.0 Å². The number of carbonyl (C=O) groups excluding carboxylic acids is 2. The molecule has 0 N–H and O–H groups in total. The van der Waals surface area contributed by atoms with Crippen LogP contribution in [0.15, 0.2) is 54.6 Å². The van der Waals surface area contributed by atoms with Crippen LogP contribution in [0.1, 0.15) is 64.4 Å². The van der Waals surface area contributed by atoms with E-state index in [1.165, 1.54) is 11.1 Å². The highest BCUT2D eigenvalue weighted by molar-refractivity contribution is 5.94. The number of fused-ring (bicyclic) bond motifs is 2. The molecule has 1 atom stereocenters. The van der Waals surface area contributed by atoms with Gasteiger partial charge in [0.1, 0.15) is 16.8 Å². The number of rotatable bonds is 8. The SMILES string of the molecule is CCOC(=O)CC(c1cc(OC)c2c(c1)nnn2C)c1cccc2c1CCN(C(=O)c1ccc(CC)cc1)C2. The summed E-state index contributed by atoms with van der Waals surface area (Å²) in [5.74, 6) is 0.165. The van der Waals surface area contributed by atoms with E-state index in [4.69, 9.17) is 9.47 Å². The molecule has 3 aromatic carbocycles. The van der Waals surface area contributed by atoms with Crippen molar-refractivity contribution in [2.24, 2.45) is 7.05 Å². The van der Waals surface area contributed by atoms with Crippen LogP contribution in [0.2, 0.25) is 0 Å². The molecule has 8 nitrogen and oxygen atoms in total. The first-order valence-electron chi connectivity index (χ1n) is 13.4. The summed E-state index contributed by atoms with van der Waals surface area (Å²) in [5, 5.41) is 8.46. The third-order valence-corrected chi connectivity index (χ3v) is 7.56. The highest BCUT2D eigenvalue weighted by Gasteiger charge is 2.29. The van der Waals surface area contributed by atoms with Crippen LogP contribution in [0.4, 0.5) is 0 Å². The average Bonchev–Trinajstić information content (AvgIpc) is 3.35. The van der Waals surface area contributed by atoms with E-state index in [1.54, 1.807) is 11.8 Å². The zero-order valence-corrected chi connectivity index (χ0v) is 22.9. The largest absolute Gasteiger partial charge is 0.494 e. The molecule has 1 aromatic heterocycles. The number of amides is 1. The van der Waals surface area contributed by atoms with Crippen molar-refractivity contribution in [2.75, 3.05) is 20.3 Å². The Morgan fingerprint density at radius 3 is 2.59 bits per heavy atom. The molecule has 0 fully saturated rings. The Morgan fingerprint density at radius 2 is 1.87 bits per heavy atom. The van der Waals surface area contributed by atoms with E-state index in [1.807, 2.05) is 61.3 Å². The molecule has 1 amide bonds. The van der Waals surface area contributed by atoms with Crippen molar-refractivity contribution in [3.8, 4) is 5.75 Å². The predicted molar refractivity (Wildman–Crippen MR) is 149 cm³/mol. The van der Waals surface area contributed by atoms with Crippen molar-refractivity contribution in [3.63, 3.8) is 0 Å². The summed E-state index contributed by atoms with van der Waals surface area (Å²) in [6, 6.07) is 18.0. The number of carbonyl (C=O) groups is 2. The molecule has 39 heavy (non-hydrogen) atoms. The normalized spacial score (nSPS) is 13.7. The van der Waals surface area contributed by atoms with E-state index in [0.29, 0.717) is 42.9 Å². The number of aromatic nitrogens is 3. The molecule has 0 saturated carbocycles. The standard InChI is InChI=1S/C31H34N4O4/c1-5-20-10-12-21(13-11-20)31(37)35-15-14-24-22(19-35)8-7-9-25(24)26(18-29(36)39-6-2)23-16-27-30(28(17-23)38-4)34(3)33-32-27/h7-13,16-17,26H,5-6,14-15,18-19H2,1-4H3. The lowest BCUT2D eigenvalue weighted by Gasteiger charge is -2.32. The fourth-order valence-corrected chi connectivity index (χ4v) is 5.53. The molecule has 1 aliphatic rings. The monoisotopic (exact) mass is 526 g/mol. The topological polar surface area (TPSA) is 86.6 Å². The van der Waals surface area contributed by atoms with Gasteiger partial charge in [-0.1, -0.05) is 42.5 Å². The van der Waals surface area contributed by atoms with Crippen LogP contribution in [0.3, 0.4) is 0 Å². The summed E-state index contributed by atoms with van der Waals surface area (Å²) in [6.07, 6.45) is 1.83. The fraction of sp³-hybridized carbons (Fsp3) is 0.355. The molecule has 1 unspecified atom stereocenters. The van der Waals surface area contributed by atoms with Crippen LogP contribution in [0.25, 0.3) is 11.0 Å². The van der Waals surface area contributed by atoms with Crippen molar-refractivity contribution < 1.29 is 19.1 Å². The maximum absolute atomic E-state index is 13.3. The number of nitrogens with zero attached hydrogens (tertiary/aromatic N) is 4. The van der Waals surface area contributed by atoms with Gasteiger partial charge in [-0.05, 0) is 71.8 Å². The third-order valence-electron chi connectivity index (χ3n) is 7.56. The molecule has 0 spiro atoms. The van der Waals surface area contributed by atoms with E-state index >= 15 is 0 Å². The van der Waals surface area contributed by atoms with E-state index < -0.39 is 0 Å². The first-order valence-corrected chi connectivity index (χ1v) is 13.4. The second kappa shape index (κ2) is 11.3. The van der Waals surface area contributed by atoms with Crippen LogP contribution in [0.5, 0.6) is 5.75 Å². The van der Waals surface area contributed by atoms with Gasteiger partial charge < -0.3 is 14.4 Å². The lowest BCUT2D eigenvalue weighted by molar-refractivity contribution is -0.143. The van der Waals surface area contributed by atoms with Gasteiger partial charge in [0.2, 0.25) is 0 Å². The summed E-state index contributed by atoms with van der Waals surface area (Å²) >= 11 is 0. The van der Waals surface area contributed by atoms with Crippen molar-refractivity contribution >= 4 is 22.9 Å². The maximum Gasteiger partial charge on any atom is 0.306 e. The van der Waals surface area contributed by atoms with Gasteiger partial charge in [0.15, 0.2) is 0 Å². The zero-order valence-electron chi connectivity index (χ0n) is 22.9. The Bertz CT molecular complexity index is 1510. The predicted octanol–water partition coefficient (Wildman–Crippen LogP) is 4.82. The average molecular weight is 527 g/mol. The van der Waals surface area contributed by atoms with Gasteiger partial charge in [-0.15, -0.1) is 5.10 Å². The minimum atomic E-state index is -0.263. The van der Waals surface area contributed by atoms with Gasteiger partial charge >= 0.3 is 5.97 Å². The summed E-state index contributed by atoms with van der Waals surface area (Å²) in [4.78, 5) is 28.0. The fourth-order valence-electron chi connectivity index (χ4n) is 5.53. The molecule has 4 aromatic rings. The zero-order chi connectivity index (χ0) is 27.5. The first kappa shape index (κ1) is 26.4. The quantitative estimate of drug-likeness (QED) is 0.306. The number of esters is 1. The minimum Gasteiger partial charge on any atom is -0.494 e. The van der Waals surface area contributed by atoms with Gasteiger partial charge in [-0.2, -0.15) is 0 Å². The maximum atomic E-state index is 13.3. The summed E-state index contributed by atoms with van der Waals surface area (Å²) in [7, 11) is 3.45. The summed E-state index contributed by atoms with van der Waals surface area (Å²) < 4.78 is 12.7. The Morgan fingerprint density at radius 1 is 1.08 bits per heavy atom. The van der Waals surface area contributed by atoms with Crippen LogP contribution in [-0.4, -0.2) is 52.0 Å². The number of methoxy groups -OCH3 is 1. The van der Waals surface area contributed by atoms with Gasteiger partial charge in [0, 0.05) is 31.6 Å². The Kier molecular flexibility index (Phi) is 7.63. The molecule has 0 aliphatic carbocycles. The van der Waals surface area contributed by atoms with E-state index in [0.717, 1.165) is 28.6 Å². The first-order chi connectivity index (χ1) is 18.9. The van der Waals surface area contributed by atoms with Crippen molar-refractivity contribution in [2.45, 2.75) is 45.6 Å². The second-order valence-electron chi connectivity index (χ2n) is 9.88. The molecule has 202 valence electrons. The molecule has 1 aliphatic heterocycles. The molecule has 0 saturated heterocycles. The Hall–Kier alpha value is -4.20.